The lowest BCUT2D eigenvalue weighted by Crippen LogP contribution is -2.29. The predicted octanol–water partition coefficient (Wildman–Crippen LogP) is 2.01. The van der Waals surface area contributed by atoms with E-state index < -0.39 is 11.4 Å². The van der Waals surface area contributed by atoms with Crippen molar-refractivity contribution in [2.45, 2.75) is 32.6 Å². The number of carbonyl (C=O) groups is 1. The molecule has 1 aromatic heterocycles. The Balaban J connectivity index is 3.24. The Kier molecular flexibility index (Phi) is 2.89. The van der Waals surface area contributed by atoms with Gasteiger partial charge in [-0.3, -0.25) is 9.78 Å². The number of carboxylic acid groups (broad SMARTS) is 1. The molecule has 0 radical (unpaired) electrons. The molecule has 0 spiro atoms. The standard InChI is InChI=1S/C11H15NO2/c1-4-8-7-12-6-5-9(8)11(2,3)10(13)14/h5-7H,4H2,1-3H3,(H,13,14). The molecular formula is C11H15NO2. The van der Waals surface area contributed by atoms with Crippen LogP contribution in [0, 0.1) is 0 Å². The van der Waals surface area contributed by atoms with Gasteiger partial charge in [0.1, 0.15) is 0 Å². The van der Waals surface area contributed by atoms with Crippen LogP contribution in [0.15, 0.2) is 18.5 Å². The van der Waals surface area contributed by atoms with Gasteiger partial charge in [-0.05, 0) is 37.5 Å². The molecule has 0 saturated carbocycles. The van der Waals surface area contributed by atoms with Gasteiger partial charge in [-0.2, -0.15) is 0 Å². The fraction of sp³-hybridized carbons (Fsp3) is 0.455. The normalized spacial score (nSPS) is 11.4. The third-order valence-corrected chi connectivity index (χ3v) is 2.49. The highest BCUT2D eigenvalue weighted by Gasteiger charge is 2.31. The van der Waals surface area contributed by atoms with Crippen LogP contribution >= 0.6 is 0 Å². The van der Waals surface area contributed by atoms with Crippen molar-refractivity contribution in [1.29, 1.82) is 0 Å². The highest BCUT2D eigenvalue weighted by atomic mass is 16.4. The molecular weight excluding hydrogens is 178 g/mol. The summed E-state index contributed by atoms with van der Waals surface area (Å²) in [5.41, 5.74) is 1.01. The molecule has 0 atom stereocenters. The van der Waals surface area contributed by atoms with Gasteiger partial charge in [0.05, 0.1) is 5.41 Å². The number of rotatable bonds is 3. The molecule has 1 rings (SSSR count). The van der Waals surface area contributed by atoms with Crippen molar-refractivity contribution in [3.63, 3.8) is 0 Å². The molecule has 1 aromatic rings. The highest BCUT2D eigenvalue weighted by Crippen LogP contribution is 2.26. The van der Waals surface area contributed by atoms with Gasteiger partial charge in [0.25, 0.3) is 0 Å². The van der Waals surface area contributed by atoms with Crippen molar-refractivity contribution in [2.24, 2.45) is 0 Å². The molecule has 1 heterocycles. The van der Waals surface area contributed by atoms with Gasteiger partial charge in [-0.25, -0.2) is 0 Å². The Labute approximate surface area is 83.8 Å². The molecule has 0 saturated heterocycles. The van der Waals surface area contributed by atoms with Crippen molar-refractivity contribution in [2.75, 3.05) is 0 Å². The number of pyridine rings is 1. The Morgan fingerprint density at radius 2 is 2.21 bits per heavy atom. The van der Waals surface area contributed by atoms with E-state index in [2.05, 4.69) is 4.98 Å². The summed E-state index contributed by atoms with van der Waals surface area (Å²) in [6.07, 6.45) is 4.18. The average Bonchev–Trinajstić information content (AvgIpc) is 2.17. The van der Waals surface area contributed by atoms with Crippen LogP contribution in [0.5, 0.6) is 0 Å². The van der Waals surface area contributed by atoms with Crippen molar-refractivity contribution >= 4 is 5.97 Å². The topological polar surface area (TPSA) is 50.2 Å². The second-order valence-electron chi connectivity index (χ2n) is 3.82. The summed E-state index contributed by atoms with van der Waals surface area (Å²) >= 11 is 0. The molecule has 0 amide bonds. The van der Waals surface area contributed by atoms with Crippen molar-refractivity contribution < 1.29 is 9.90 Å². The maximum absolute atomic E-state index is 11.1. The third-order valence-electron chi connectivity index (χ3n) is 2.49. The fourth-order valence-corrected chi connectivity index (χ4v) is 1.43. The summed E-state index contributed by atoms with van der Waals surface area (Å²) in [5.74, 6) is -0.807. The largest absolute Gasteiger partial charge is 0.481 e. The summed E-state index contributed by atoms with van der Waals surface area (Å²) in [6, 6.07) is 1.78. The second-order valence-corrected chi connectivity index (χ2v) is 3.82. The van der Waals surface area contributed by atoms with E-state index in [1.165, 1.54) is 0 Å². The van der Waals surface area contributed by atoms with Gasteiger partial charge < -0.3 is 5.11 Å². The average molecular weight is 193 g/mol. The molecule has 0 fully saturated rings. The van der Waals surface area contributed by atoms with Gasteiger partial charge in [0.2, 0.25) is 0 Å². The van der Waals surface area contributed by atoms with Crippen LogP contribution in [0.2, 0.25) is 0 Å². The monoisotopic (exact) mass is 193 g/mol. The molecule has 0 aliphatic heterocycles. The van der Waals surface area contributed by atoms with Crippen molar-refractivity contribution in [3.05, 3.63) is 29.6 Å². The lowest BCUT2D eigenvalue weighted by molar-refractivity contribution is -0.142. The summed E-state index contributed by atoms with van der Waals surface area (Å²) in [5, 5.41) is 9.09. The van der Waals surface area contributed by atoms with E-state index >= 15 is 0 Å². The number of nitrogens with zero attached hydrogens (tertiary/aromatic N) is 1. The molecule has 3 heteroatoms. The Morgan fingerprint density at radius 1 is 1.57 bits per heavy atom. The fourth-order valence-electron chi connectivity index (χ4n) is 1.43. The second kappa shape index (κ2) is 3.78. The number of hydrogen-bond donors (Lipinski definition) is 1. The van der Waals surface area contributed by atoms with Gasteiger partial charge in [-0.15, -0.1) is 0 Å². The van der Waals surface area contributed by atoms with E-state index in [1.54, 1.807) is 32.3 Å². The van der Waals surface area contributed by atoms with E-state index in [1.807, 2.05) is 6.92 Å². The summed E-state index contributed by atoms with van der Waals surface area (Å²) in [7, 11) is 0. The Morgan fingerprint density at radius 3 is 2.71 bits per heavy atom. The van der Waals surface area contributed by atoms with E-state index in [9.17, 15) is 4.79 Å². The predicted molar refractivity (Wildman–Crippen MR) is 54.3 cm³/mol. The molecule has 76 valence electrons. The van der Waals surface area contributed by atoms with Crippen LogP contribution < -0.4 is 0 Å². The first-order valence-corrected chi connectivity index (χ1v) is 4.67. The number of hydrogen-bond acceptors (Lipinski definition) is 2. The van der Waals surface area contributed by atoms with Gasteiger partial charge in [0, 0.05) is 12.4 Å². The molecule has 0 aliphatic carbocycles. The summed E-state index contributed by atoms with van der Waals surface area (Å²) in [4.78, 5) is 15.1. The van der Waals surface area contributed by atoms with E-state index in [4.69, 9.17) is 5.11 Å². The van der Waals surface area contributed by atoms with Gasteiger partial charge in [-0.1, -0.05) is 6.92 Å². The van der Waals surface area contributed by atoms with E-state index in [-0.39, 0.29) is 0 Å². The summed E-state index contributed by atoms with van der Waals surface area (Å²) < 4.78 is 0. The molecule has 0 aliphatic rings. The number of aliphatic carboxylic acids is 1. The minimum Gasteiger partial charge on any atom is -0.481 e. The lowest BCUT2D eigenvalue weighted by atomic mass is 9.82. The Bertz CT molecular complexity index is 345. The minimum atomic E-state index is -0.839. The smallest absolute Gasteiger partial charge is 0.313 e. The van der Waals surface area contributed by atoms with E-state index in [0.29, 0.717) is 0 Å². The van der Waals surface area contributed by atoms with Crippen LogP contribution in [-0.2, 0) is 16.6 Å². The highest BCUT2D eigenvalue weighted by molar-refractivity contribution is 5.80. The zero-order valence-electron chi connectivity index (χ0n) is 8.74. The van der Waals surface area contributed by atoms with Crippen LogP contribution in [0.3, 0.4) is 0 Å². The van der Waals surface area contributed by atoms with Crippen LogP contribution in [-0.4, -0.2) is 16.1 Å². The number of carboxylic acids is 1. The minimum absolute atomic E-state index is 0.805. The van der Waals surface area contributed by atoms with Crippen molar-refractivity contribution in [1.82, 2.24) is 4.98 Å². The van der Waals surface area contributed by atoms with Crippen LogP contribution in [0.1, 0.15) is 31.9 Å². The molecule has 1 N–H and O–H groups in total. The first-order chi connectivity index (χ1) is 6.50. The van der Waals surface area contributed by atoms with Crippen LogP contribution in [0.25, 0.3) is 0 Å². The zero-order chi connectivity index (χ0) is 10.8. The molecule has 3 nitrogen and oxygen atoms in total. The summed E-state index contributed by atoms with van der Waals surface area (Å²) in [6.45, 7) is 5.42. The number of aryl methyl sites for hydroxylation is 1. The van der Waals surface area contributed by atoms with Gasteiger partial charge in [0.15, 0.2) is 0 Å². The van der Waals surface area contributed by atoms with Crippen molar-refractivity contribution in [3.8, 4) is 0 Å². The third kappa shape index (κ3) is 1.76. The maximum atomic E-state index is 11.1. The quantitative estimate of drug-likeness (QED) is 0.798. The molecule has 0 bridgehead atoms. The number of aromatic nitrogens is 1. The lowest BCUT2D eigenvalue weighted by Gasteiger charge is -2.22. The van der Waals surface area contributed by atoms with Gasteiger partial charge >= 0.3 is 5.97 Å². The Hall–Kier alpha value is -1.38. The van der Waals surface area contributed by atoms with Crippen LogP contribution in [0.4, 0.5) is 0 Å². The first-order valence-electron chi connectivity index (χ1n) is 4.67. The SMILES string of the molecule is CCc1cnccc1C(C)(C)C(=O)O. The van der Waals surface area contributed by atoms with E-state index in [0.717, 1.165) is 17.5 Å². The maximum Gasteiger partial charge on any atom is 0.313 e. The molecule has 0 aromatic carbocycles. The first kappa shape index (κ1) is 10.7. The molecule has 0 unspecified atom stereocenters. The zero-order valence-corrected chi connectivity index (χ0v) is 8.74. The molecule has 14 heavy (non-hydrogen) atoms.